The summed E-state index contributed by atoms with van der Waals surface area (Å²) in [5, 5.41) is 2.57. The number of benzene rings is 1. The molecule has 3 aliphatic heterocycles. The highest BCUT2D eigenvalue weighted by Gasteiger charge is 2.35. The van der Waals surface area contributed by atoms with Gasteiger partial charge in [-0.3, -0.25) is 5.32 Å². The van der Waals surface area contributed by atoms with E-state index in [0.717, 1.165) is 55.9 Å². The molecule has 0 radical (unpaired) electrons. The number of carbonyl (C=O) groups is 1. The van der Waals surface area contributed by atoms with Crippen LogP contribution in [0.15, 0.2) is 29.8 Å². The van der Waals surface area contributed by atoms with Crippen LogP contribution in [0.25, 0.3) is 10.4 Å². The van der Waals surface area contributed by atoms with Crippen LogP contribution >= 0.6 is 11.3 Å². The number of alkyl halides is 3. The molecule has 5 rings (SSSR count). The molecule has 28 heavy (non-hydrogen) atoms. The average Bonchev–Trinajstić information content (AvgIpc) is 3.15. The number of piperidine rings is 3. The molecule has 1 unspecified atom stereocenters. The first kappa shape index (κ1) is 19.2. The van der Waals surface area contributed by atoms with Gasteiger partial charge in [-0.15, -0.1) is 11.3 Å². The molecule has 3 saturated heterocycles. The van der Waals surface area contributed by atoms with E-state index in [1.54, 1.807) is 6.07 Å². The summed E-state index contributed by atoms with van der Waals surface area (Å²) in [5.74, 6) is 1.15. The second-order valence-electron chi connectivity index (χ2n) is 7.23. The number of fused-ring (bicyclic) bond motifs is 3. The summed E-state index contributed by atoms with van der Waals surface area (Å²) in [4.78, 5) is 19.1. The fourth-order valence-electron chi connectivity index (χ4n) is 3.97. The Morgan fingerprint density at radius 3 is 2.79 bits per heavy atom. The van der Waals surface area contributed by atoms with E-state index in [1.165, 1.54) is 11.6 Å². The summed E-state index contributed by atoms with van der Waals surface area (Å²) in [6.45, 7) is 3.53. The average molecular weight is 411 g/mol. The Bertz CT molecular complexity index is 847. The van der Waals surface area contributed by atoms with Gasteiger partial charge in [-0.25, -0.2) is 9.78 Å². The summed E-state index contributed by atoms with van der Waals surface area (Å²) in [5.41, 5.74) is 1.10. The van der Waals surface area contributed by atoms with Crippen molar-refractivity contribution in [3.05, 3.63) is 35.3 Å². The van der Waals surface area contributed by atoms with Crippen LogP contribution in [0.1, 0.15) is 18.4 Å². The number of aromatic nitrogens is 1. The number of hydrogen-bond acceptors (Lipinski definition) is 5. The Morgan fingerprint density at radius 1 is 1.32 bits per heavy atom. The van der Waals surface area contributed by atoms with Crippen molar-refractivity contribution < 1.29 is 22.7 Å². The lowest BCUT2D eigenvalue weighted by molar-refractivity contribution is -0.137. The molecule has 3 aliphatic rings. The van der Waals surface area contributed by atoms with Crippen LogP contribution in [0, 0.1) is 11.8 Å². The molecule has 5 nitrogen and oxygen atoms in total. The van der Waals surface area contributed by atoms with Gasteiger partial charge < -0.3 is 9.64 Å². The van der Waals surface area contributed by atoms with Gasteiger partial charge in [0.05, 0.1) is 22.6 Å². The van der Waals surface area contributed by atoms with Gasteiger partial charge in [0.2, 0.25) is 0 Å². The van der Waals surface area contributed by atoms with E-state index in [-0.39, 0.29) is 5.82 Å². The van der Waals surface area contributed by atoms with Crippen LogP contribution in [-0.4, -0.2) is 42.2 Å². The number of thiazole rings is 1. The number of ether oxygens (including phenoxy) is 1. The minimum Gasteiger partial charge on any atom is -0.449 e. The number of halogens is 3. The van der Waals surface area contributed by atoms with Crippen molar-refractivity contribution in [3.8, 4) is 10.4 Å². The van der Waals surface area contributed by atoms with Gasteiger partial charge >= 0.3 is 12.3 Å². The van der Waals surface area contributed by atoms with Crippen molar-refractivity contribution in [3.63, 3.8) is 0 Å². The molecule has 1 aromatic heterocycles. The van der Waals surface area contributed by atoms with Gasteiger partial charge in [-0.2, -0.15) is 13.2 Å². The largest absolute Gasteiger partial charge is 0.449 e. The van der Waals surface area contributed by atoms with Gasteiger partial charge in [0.15, 0.2) is 5.82 Å². The zero-order valence-electron chi connectivity index (χ0n) is 15.0. The first-order chi connectivity index (χ1) is 13.4. The number of anilines is 1. The monoisotopic (exact) mass is 411 g/mol. The number of nitrogens with zero attached hydrogens (tertiary/aromatic N) is 2. The van der Waals surface area contributed by atoms with E-state index in [1.807, 2.05) is 0 Å². The molecular formula is C19H20F3N3O2S. The molecule has 1 aromatic carbocycles. The molecule has 4 heterocycles. The van der Waals surface area contributed by atoms with E-state index in [2.05, 4.69) is 15.2 Å². The van der Waals surface area contributed by atoms with Crippen molar-refractivity contribution in [2.24, 2.45) is 11.8 Å². The molecule has 2 aromatic rings. The molecule has 0 spiro atoms. The first-order valence-corrected chi connectivity index (χ1v) is 10.1. The van der Waals surface area contributed by atoms with E-state index < -0.39 is 17.8 Å². The summed E-state index contributed by atoms with van der Waals surface area (Å²) in [7, 11) is 0. The number of rotatable bonds is 4. The lowest BCUT2D eigenvalue weighted by atomic mass is 9.79. The van der Waals surface area contributed by atoms with E-state index in [4.69, 9.17) is 4.74 Å². The maximum atomic E-state index is 13.0. The summed E-state index contributed by atoms with van der Waals surface area (Å²) in [6.07, 6.45) is -2.78. The first-order valence-electron chi connectivity index (χ1n) is 9.17. The third-order valence-corrected chi connectivity index (χ3v) is 6.34. The zero-order valence-corrected chi connectivity index (χ0v) is 15.9. The third-order valence-electron chi connectivity index (χ3n) is 5.46. The van der Waals surface area contributed by atoms with Crippen molar-refractivity contribution >= 4 is 23.2 Å². The summed E-state index contributed by atoms with van der Waals surface area (Å²) >= 11 is 1.16. The lowest BCUT2D eigenvalue weighted by Gasteiger charge is -2.44. The Labute approximate surface area is 164 Å². The van der Waals surface area contributed by atoms with Crippen LogP contribution in [0.3, 0.4) is 0 Å². The molecule has 1 N–H and O–H groups in total. The molecule has 0 aliphatic carbocycles. The van der Waals surface area contributed by atoms with E-state index in [9.17, 15) is 18.0 Å². The second kappa shape index (κ2) is 7.71. The molecule has 9 heteroatoms. The SMILES string of the molecule is O=C(Nc1ncsc1-c1cccc(C(F)(F)F)c1)OCC1CN2CCC1CC2. The smallest absolute Gasteiger partial charge is 0.416 e. The Balaban J connectivity index is 1.40. The van der Waals surface area contributed by atoms with Gasteiger partial charge in [0.1, 0.15) is 0 Å². The van der Waals surface area contributed by atoms with Crippen LogP contribution in [0.4, 0.5) is 23.8 Å². The van der Waals surface area contributed by atoms with Crippen LogP contribution in [0.2, 0.25) is 0 Å². The molecule has 1 atom stereocenters. The highest BCUT2D eigenvalue weighted by Crippen LogP contribution is 2.36. The maximum absolute atomic E-state index is 13.0. The zero-order chi connectivity index (χ0) is 19.7. The third kappa shape index (κ3) is 4.15. The quantitative estimate of drug-likeness (QED) is 0.791. The number of amides is 1. The predicted molar refractivity (Wildman–Crippen MR) is 100 cm³/mol. The van der Waals surface area contributed by atoms with Crippen molar-refractivity contribution in [2.45, 2.75) is 19.0 Å². The molecule has 150 valence electrons. The Hall–Kier alpha value is -2.13. The minimum absolute atomic E-state index is 0.211. The van der Waals surface area contributed by atoms with Crippen molar-refractivity contribution in [1.82, 2.24) is 9.88 Å². The minimum atomic E-state index is -4.43. The number of hydrogen-bond donors (Lipinski definition) is 1. The van der Waals surface area contributed by atoms with Gasteiger partial charge in [0, 0.05) is 12.5 Å². The Kier molecular flexibility index (Phi) is 5.29. The molecule has 0 saturated carbocycles. The van der Waals surface area contributed by atoms with Crippen LogP contribution in [0.5, 0.6) is 0 Å². The van der Waals surface area contributed by atoms with Gasteiger partial charge in [-0.1, -0.05) is 12.1 Å². The van der Waals surface area contributed by atoms with Crippen molar-refractivity contribution in [1.29, 1.82) is 0 Å². The van der Waals surface area contributed by atoms with E-state index in [0.29, 0.717) is 28.9 Å². The number of nitrogens with one attached hydrogen (secondary N) is 1. The highest BCUT2D eigenvalue weighted by atomic mass is 32.1. The van der Waals surface area contributed by atoms with Crippen LogP contribution in [-0.2, 0) is 10.9 Å². The van der Waals surface area contributed by atoms with Crippen molar-refractivity contribution in [2.75, 3.05) is 31.6 Å². The normalized spacial score (nSPS) is 24.2. The summed E-state index contributed by atoms with van der Waals surface area (Å²) in [6, 6.07) is 4.97. The standard InChI is InChI=1S/C19H20F3N3O2S/c20-19(21,22)15-3-1-2-13(8-15)16-17(23-11-28-16)24-18(26)27-10-14-9-25-6-4-12(14)5-7-25/h1-3,8,11-12,14H,4-7,9-10H2,(H,24,26). The van der Waals surface area contributed by atoms with Crippen LogP contribution < -0.4 is 5.32 Å². The fraction of sp³-hybridized carbons (Fsp3) is 0.474. The Morgan fingerprint density at radius 2 is 2.11 bits per heavy atom. The molecule has 2 bridgehead atoms. The molecular weight excluding hydrogens is 391 g/mol. The summed E-state index contributed by atoms with van der Waals surface area (Å²) < 4.78 is 44.3. The fourth-order valence-corrected chi connectivity index (χ4v) is 4.71. The molecule has 3 fully saturated rings. The topological polar surface area (TPSA) is 54.5 Å². The second-order valence-corrected chi connectivity index (χ2v) is 8.09. The lowest BCUT2D eigenvalue weighted by Crippen LogP contribution is -2.49. The van der Waals surface area contributed by atoms with Gasteiger partial charge in [0.25, 0.3) is 0 Å². The maximum Gasteiger partial charge on any atom is 0.416 e. The molecule has 1 amide bonds. The van der Waals surface area contributed by atoms with Gasteiger partial charge in [-0.05, 0) is 49.5 Å². The van der Waals surface area contributed by atoms with E-state index >= 15 is 0 Å². The highest BCUT2D eigenvalue weighted by molar-refractivity contribution is 7.13. The predicted octanol–water partition coefficient (Wildman–Crippen LogP) is 4.72. The number of carbonyl (C=O) groups excluding carboxylic acids is 1.